The van der Waals surface area contributed by atoms with Gasteiger partial charge in [-0.3, -0.25) is 0 Å². The molecule has 0 radical (unpaired) electrons. The fraction of sp³-hybridized carbons (Fsp3) is 0.636. The molecule has 1 nitrogen and oxygen atoms in total. The zero-order valence-corrected chi connectivity index (χ0v) is 8.59. The van der Waals surface area contributed by atoms with E-state index in [2.05, 4.69) is 45.0 Å². The molecule has 1 rings (SSSR count). The van der Waals surface area contributed by atoms with Crippen molar-refractivity contribution in [2.45, 2.75) is 26.7 Å². The molecule has 0 bridgehead atoms. The Labute approximate surface area is 75.8 Å². The molecule has 12 heavy (non-hydrogen) atoms. The van der Waals surface area contributed by atoms with Crippen LogP contribution in [-0.2, 0) is 0 Å². The number of rotatable bonds is 2. The Hall–Kier alpha value is -0.720. The first-order chi connectivity index (χ1) is 5.63. The summed E-state index contributed by atoms with van der Waals surface area (Å²) in [4.78, 5) is 2.21. The number of hydrogen-bond donors (Lipinski definition) is 0. The third-order valence-corrected chi connectivity index (χ3v) is 2.36. The van der Waals surface area contributed by atoms with Crippen molar-refractivity contribution in [2.75, 3.05) is 14.1 Å². The highest BCUT2D eigenvalue weighted by atomic mass is 15.1. The van der Waals surface area contributed by atoms with Gasteiger partial charge in [0, 0.05) is 19.8 Å². The average molecular weight is 165 g/mol. The molecule has 0 saturated heterocycles. The predicted molar refractivity (Wildman–Crippen MR) is 53.9 cm³/mol. The van der Waals surface area contributed by atoms with E-state index < -0.39 is 0 Å². The first-order valence-corrected chi connectivity index (χ1v) is 4.70. The lowest BCUT2D eigenvalue weighted by Crippen LogP contribution is -2.15. The Morgan fingerprint density at radius 2 is 2.00 bits per heavy atom. The molecule has 0 unspecified atom stereocenters. The molecule has 68 valence electrons. The van der Waals surface area contributed by atoms with Gasteiger partial charge in [0.15, 0.2) is 0 Å². The summed E-state index contributed by atoms with van der Waals surface area (Å²) < 4.78 is 0. The van der Waals surface area contributed by atoms with Crippen molar-refractivity contribution in [3.8, 4) is 0 Å². The molecule has 0 saturated carbocycles. The summed E-state index contributed by atoms with van der Waals surface area (Å²) in [5, 5.41) is 0. The molecule has 1 aliphatic carbocycles. The minimum Gasteiger partial charge on any atom is -0.378 e. The summed E-state index contributed by atoms with van der Waals surface area (Å²) in [6.07, 6.45) is 6.96. The quantitative estimate of drug-likeness (QED) is 0.608. The Morgan fingerprint density at radius 1 is 1.33 bits per heavy atom. The minimum absolute atomic E-state index is 0.687. The number of likely N-dealkylation sites (N-methyl/N-ethyl adjacent to an activating group) is 1. The van der Waals surface area contributed by atoms with Crippen LogP contribution in [0.3, 0.4) is 0 Å². The van der Waals surface area contributed by atoms with Crippen LogP contribution in [0.4, 0.5) is 0 Å². The van der Waals surface area contributed by atoms with E-state index in [0.717, 1.165) is 0 Å². The van der Waals surface area contributed by atoms with E-state index in [1.165, 1.54) is 18.5 Å². The molecule has 0 aromatic rings. The first kappa shape index (κ1) is 9.37. The van der Waals surface area contributed by atoms with Crippen LogP contribution in [-0.4, -0.2) is 19.0 Å². The highest BCUT2D eigenvalue weighted by molar-refractivity contribution is 5.29. The van der Waals surface area contributed by atoms with Gasteiger partial charge in [0.05, 0.1) is 0 Å². The van der Waals surface area contributed by atoms with Crippen molar-refractivity contribution < 1.29 is 0 Å². The van der Waals surface area contributed by atoms with Crippen LogP contribution in [0.5, 0.6) is 0 Å². The Bertz CT molecular complexity index is 209. The third kappa shape index (κ3) is 1.90. The highest BCUT2D eigenvalue weighted by Gasteiger charge is 2.12. The van der Waals surface area contributed by atoms with Gasteiger partial charge in [-0.25, -0.2) is 0 Å². The van der Waals surface area contributed by atoms with E-state index in [1.807, 2.05) is 0 Å². The molecule has 0 aliphatic heterocycles. The summed E-state index contributed by atoms with van der Waals surface area (Å²) in [6.45, 7) is 4.55. The minimum atomic E-state index is 0.687. The maximum Gasteiger partial charge on any atom is 0.0352 e. The van der Waals surface area contributed by atoms with Crippen LogP contribution in [0.25, 0.3) is 0 Å². The maximum atomic E-state index is 2.28. The van der Waals surface area contributed by atoms with Gasteiger partial charge in [0.1, 0.15) is 0 Å². The highest BCUT2D eigenvalue weighted by Crippen LogP contribution is 2.26. The molecule has 1 aliphatic rings. The summed E-state index contributed by atoms with van der Waals surface area (Å²) in [7, 11) is 4.24. The molecule has 0 aromatic carbocycles. The molecular weight excluding hydrogens is 146 g/mol. The average Bonchev–Trinajstić information content (AvgIpc) is 2.04. The van der Waals surface area contributed by atoms with Crippen molar-refractivity contribution in [1.29, 1.82) is 0 Å². The first-order valence-electron chi connectivity index (χ1n) is 4.70. The van der Waals surface area contributed by atoms with Gasteiger partial charge in [-0.15, -0.1) is 0 Å². The molecule has 0 heterocycles. The summed E-state index contributed by atoms with van der Waals surface area (Å²) in [5.74, 6) is 0.687. The van der Waals surface area contributed by atoms with Crippen LogP contribution in [0.1, 0.15) is 26.7 Å². The monoisotopic (exact) mass is 165 g/mol. The van der Waals surface area contributed by atoms with Gasteiger partial charge in [0.25, 0.3) is 0 Å². The number of allylic oxidation sites excluding steroid dienone is 3. The summed E-state index contributed by atoms with van der Waals surface area (Å²) >= 11 is 0. The Morgan fingerprint density at radius 3 is 2.42 bits per heavy atom. The van der Waals surface area contributed by atoms with Crippen molar-refractivity contribution in [3.05, 3.63) is 23.4 Å². The second-order valence-corrected chi connectivity index (χ2v) is 3.90. The second kappa shape index (κ2) is 3.79. The summed E-state index contributed by atoms with van der Waals surface area (Å²) in [6, 6.07) is 0. The fourth-order valence-electron chi connectivity index (χ4n) is 1.69. The van der Waals surface area contributed by atoms with Crippen molar-refractivity contribution in [2.24, 2.45) is 5.92 Å². The molecule has 0 fully saturated rings. The van der Waals surface area contributed by atoms with Crippen molar-refractivity contribution >= 4 is 0 Å². The molecule has 0 aromatic heterocycles. The number of nitrogens with zero attached hydrogens (tertiary/aromatic N) is 1. The van der Waals surface area contributed by atoms with Crippen LogP contribution >= 0.6 is 0 Å². The van der Waals surface area contributed by atoms with Gasteiger partial charge in [-0.2, -0.15) is 0 Å². The smallest absolute Gasteiger partial charge is 0.0352 e. The van der Waals surface area contributed by atoms with E-state index in [9.17, 15) is 0 Å². The Balaban J connectivity index is 2.92. The molecule has 0 N–H and O–H groups in total. The molecule has 0 spiro atoms. The molecule has 0 atom stereocenters. The fourth-order valence-corrected chi connectivity index (χ4v) is 1.69. The van der Waals surface area contributed by atoms with Crippen LogP contribution < -0.4 is 0 Å². The van der Waals surface area contributed by atoms with E-state index >= 15 is 0 Å². The van der Waals surface area contributed by atoms with Crippen LogP contribution in [0.2, 0.25) is 0 Å². The van der Waals surface area contributed by atoms with Crippen molar-refractivity contribution in [1.82, 2.24) is 4.90 Å². The normalized spacial score (nSPS) is 17.4. The lowest BCUT2D eigenvalue weighted by molar-refractivity contribution is 0.500. The molecular formula is C11H19N. The van der Waals surface area contributed by atoms with Gasteiger partial charge in [-0.1, -0.05) is 19.9 Å². The van der Waals surface area contributed by atoms with Gasteiger partial charge in [0.2, 0.25) is 0 Å². The van der Waals surface area contributed by atoms with Gasteiger partial charge < -0.3 is 4.90 Å². The van der Waals surface area contributed by atoms with E-state index in [4.69, 9.17) is 0 Å². The zero-order valence-electron chi connectivity index (χ0n) is 8.59. The van der Waals surface area contributed by atoms with Gasteiger partial charge >= 0.3 is 0 Å². The lowest BCUT2D eigenvalue weighted by atomic mass is 9.92. The zero-order chi connectivity index (χ0) is 9.14. The lowest BCUT2D eigenvalue weighted by Gasteiger charge is -2.24. The summed E-state index contributed by atoms with van der Waals surface area (Å²) in [5.41, 5.74) is 3.01. The molecule has 1 heteroatoms. The van der Waals surface area contributed by atoms with Crippen LogP contribution in [0.15, 0.2) is 23.4 Å². The van der Waals surface area contributed by atoms with Gasteiger partial charge in [-0.05, 0) is 30.4 Å². The second-order valence-electron chi connectivity index (χ2n) is 3.90. The largest absolute Gasteiger partial charge is 0.378 e. The van der Waals surface area contributed by atoms with E-state index in [0.29, 0.717) is 5.92 Å². The Kier molecular flexibility index (Phi) is 2.96. The van der Waals surface area contributed by atoms with Crippen molar-refractivity contribution in [3.63, 3.8) is 0 Å². The van der Waals surface area contributed by atoms with E-state index in [-0.39, 0.29) is 0 Å². The topological polar surface area (TPSA) is 3.24 Å². The number of hydrogen-bond acceptors (Lipinski definition) is 1. The maximum absolute atomic E-state index is 2.28. The van der Waals surface area contributed by atoms with Crippen LogP contribution in [0, 0.1) is 5.92 Å². The molecule has 0 amide bonds. The predicted octanol–water partition coefficient (Wildman–Crippen LogP) is 2.81. The van der Waals surface area contributed by atoms with E-state index in [1.54, 1.807) is 5.57 Å². The standard InChI is InChI=1S/C11H19N/c1-9(2)10-7-5-6-8-11(10)12(3)4/h6,8-9H,5,7H2,1-4H3. The SMILES string of the molecule is CC(C)C1=C(N(C)C)C=CCC1. The third-order valence-electron chi connectivity index (χ3n) is 2.36.